The van der Waals surface area contributed by atoms with E-state index in [1.807, 2.05) is 48.5 Å². The summed E-state index contributed by atoms with van der Waals surface area (Å²) in [5.41, 5.74) is 1.71. The van der Waals surface area contributed by atoms with Gasteiger partial charge in [-0.1, -0.05) is 56.1 Å². The normalized spacial score (nSPS) is 15.1. The van der Waals surface area contributed by atoms with Crippen LogP contribution in [0.4, 0.5) is 0 Å². The molecule has 2 aromatic carbocycles. The van der Waals surface area contributed by atoms with E-state index < -0.39 is 11.2 Å². The molecule has 106 valence electrons. The molecule has 3 rings (SSSR count). The molecule has 21 heavy (non-hydrogen) atoms. The average molecular weight is 427 g/mol. The lowest BCUT2D eigenvalue weighted by molar-refractivity contribution is 0.685. The fraction of sp³-hybridized carbons (Fsp3) is 0. The van der Waals surface area contributed by atoms with Crippen molar-refractivity contribution < 1.29 is 4.21 Å². The number of hydrogen-bond acceptors (Lipinski definition) is 2. The van der Waals surface area contributed by atoms with Gasteiger partial charge in [-0.05, 0) is 24.3 Å². The predicted molar refractivity (Wildman–Crippen MR) is 92.6 cm³/mol. The molecule has 7 heteroatoms. The Hall–Kier alpha value is -1.31. The van der Waals surface area contributed by atoms with Crippen molar-refractivity contribution in [3.63, 3.8) is 0 Å². The summed E-state index contributed by atoms with van der Waals surface area (Å²) in [6, 6.07) is 15.2. The van der Waals surface area contributed by atoms with Crippen molar-refractivity contribution in [1.82, 2.24) is 5.32 Å². The fourth-order valence-electron chi connectivity index (χ4n) is 1.80. The number of amidine groups is 2. The number of nitrogens with zero attached hydrogens (tertiary/aromatic N) is 2. The van der Waals surface area contributed by atoms with Crippen LogP contribution in [0.25, 0.3) is 0 Å². The fourth-order valence-corrected chi connectivity index (χ4v) is 2.98. The second kappa shape index (κ2) is 6.21. The molecule has 1 heterocycles. The van der Waals surface area contributed by atoms with E-state index in [9.17, 15) is 4.21 Å². The molecule has 0 spiro atoms. The summed E-state index contributed by atoms with van der Waals surface area (Å²) < 4.78 is 21.9. The Morgan fingerprint density at radius 1 is 0.762 bits per heavy atom. The molecule has 0 radical (unpaired) electrons. The van der Waals surface area contributed by atoms with Crippen molar-refractivity contribution in [2.45, 2.75) is 0 Å². The second-order valence-corrected chi connectivity index (χ2v) is 6.91. The molecule has 2 aromatic rings. The maximum absolute atomic E-state index is 11.8. The molecular weight excluding hydrogens is 418 g/mol. The lowest BCUT2D eigenvalue weighted by Gasteiger charge is -2.15. The molecule has 0 unspecified atom stereocenters. The maximum atomic E-state index is 11.8. The Morgan fingerprint density at radius 2 is 1.14 bits per heavy atom. The summed E-state index contributed by atoms with van der Waals surface area (Å²) in [5, 5.41) is 3.13. The highest BCUT2D eigenvalue weighted by molar-refractivity contribution is 9.10. The quantitative estimate of drug-likeness (QED) is 0.797. The van der Waals surface area contributed by atoms with Gasteiger partial charge in [0.1, 0.15) is 0 Å². The first-order chi connectivity index (χ1) is 10.1. The van der Waals surface area contributed by atoms with Crippen molar-refractivity contribution in [2.75, 3.05) is 0 Å². The van der Waals surface area contributed by atoms with E-state index in [2.05, 4.69) is 46.0 Å². The van der Waals surface area contributed by atoms with Crippen molar-refractivity contribution >= 4 is 54.7 Å². The van der Waals surface area contributed by atoms with Gasteiger partial charge in [0, 0.05) is 20.1 Å². The Balaban J connectivity index is 1.91. The van der Waals surface area contributed by atoms with Gasteiger partial charge in [-0.2, -0.15) is 0 Å². The van der Waals surface area contributed by atoms with E-state index in [1.165, 1.54) is 0 Å². The Kier molecular flexibility index (Phi) is 4.32. The highest BCUT2D eigenvalue weighted by Crippen LogP contribution is 2.15. The minimum Gasteiger partial charge on any atom is -0.323 e. The third-order valence-corrected chi connectivity index (χ3v) is 4.55. The van der Waals surface area contributed by atoms with Crippen molar-refractivity contribution in [1.29, 1.82) is 0 Å². The van der Waals surface area contributed by atoms with E-state index in [0.717, 1.165) is 20.1 Å². The Bertz CT molecular complexity index is 691. The first-order valence-corrected chi connectivity index (χ1v) is 8.65. The molecule has 0 bridgehead atoms. The number of benzene rings is 2. The van der Waals surface area contributed by atoms with Gasteiger partial charge in [-0.3, -0.25) is 0 Å². The van der Waals surface area contributed by atoms with Crippen LogP contribution in [0.5, 0.6) is 0 Å². The van der Waals surface area contributed by atoms with Crippen LogP contribution in [0.15, 0.2) is 66.3 Å². The van der Waals surface area contributed by atoms with Gasteiger partial charge in [-0.15, -0.1) is 8.80 Å². The topological polar surface area (TPSA) is 53.8 Å². The minimum absolute atomic E-state index is 0.550. The van der Waals surface area contributed by atoms with Crippen molar-refractivity contribution in [3.05, 3.63) is 68.6 Å². The molecule has 1 N–H and O–H groups in total. The number of halogens is 2. The zero-order valence-corrected chi connectivity index (χ0v) is 14.6. The molecule has 0 aromatic heterocycles. The van der Waals surface area contributed by atoms with E-state index >= 15 is 0 Å². The monoisotopic (exact) mass is 425 g/mol. The van der Waals surface area contributed by atoms with E-state index in [-0.39, 0.29) is 0 Å². The summed E-state index contributed by atoms with van der Waals surface area (Å²) in [6.07, 6.45) is 0. The molecule has 1 aliphatic heterocycles. The van der Waals surface area contributed by atoms with Crippen LogP contribution >= 0.6 is 31.9 Å². The molecule has 0 saturated carbocycles. The summed E-state index contributed by atoms with van der Waals surface area (Å²) in [4.78, 5) is 0. The van der Waals surface area contributed by atoms with E-state index in [4.69, 9.17) is 0 Å². The molecule has 4 nitrogen and oxygen atoms in total. The van der Waals surface area contributed by atoms with Crippen LogP contribution < -0.4 is 5.32 Å². The highest BCUT2D eigenvalue weighted by atomic mass is 79.9. The van der Waals surface area contributed by atoms with Gasteiger partial charge >= 0.3 is 0 Å². The zero-order chi connectivity index (χ0) is 14.8. The smallest absolute Gasteiger partial charge is 0.269 e. The van der Waals surface area contributed by atoms with E-state index in [1.54, 1.807) is 0 Å². The number of hydrogen-bond donors (Lipinski definition) is 1. The van der Waals surface area contributed by atoms with Crippen LogP contribution in [-0.2, 0) is 11.2 Å². The van der Waals surface area contributed by atoms with Crippen LogP contribution in [0, 0.1) is 0 Å². The van der Waals surface area contributed by atoms with Crippen LogP contribution in [0.2, 0.25) is 0 Å². The Labute approximate surface area is 141 Å². The van der Waals surface area contributed by atoms with Gasteiger partial charge in [0.05, 0.1) is 0 Å². The third kappa shape index (κ3) is 3.48. The summed E-state index contributed by atoms with van der Waals surface area (Å²) >= 11 is 5.15. The Morgan fingerprint density at radius 3 is 1.52 bits per heavy atom. The van der Waals surface area contributed by atoms with Crippen LogP contribution in [0.3, 0.4) is 0 Å². The minimum atomic E-state index is -1.62. The standard InChI is InChI=1S/C14H9Br2N3OS/c15-11-5-1-9(2-6-11)13-17-14(19-21(20)18-13)10-3-7-12(16)8-4-10/h1-8H,(H,17,18,19). The first-order valence-electron chi connectivity index (χ1n) is 6.00. The maximum Gasteiger partial charge on any atom is 0.269 e. The summed E-state index contributed by atoms with van der Waals surface area (Å²) in [6.45, 7) is 0. The second-order valence-electron chi connectivity index (χ2n) is 4.25. The average Bonchev–Trinajstić information content (AvgIpc) is 2.48. The number of rotatable bonds is 2. The van der Waals surface area contributed by atoms with E-state index in [0.29, 0.717) is 11.7 Å². The number of nitrogens with one attached hydrogen (secondary N) is 1. The molecule has 0 aliphatic carbocycles. The van der Waals surface area contributed by atoms with Crippen LogP contribution in [0.1, 0.15) is 11.1 Å². The highest BCUT2D eigenvalue weighted by Gasteiger charge is 2.16. The van der Waals surface area contributed by atoms with Crippen LogP contribution in [-0.4, -0.2) is 15.9 Å². The van der Waals surface area contributed by atoms with Gasteiger partial charge < -0.3 is 5.32 Å². The van der Waals surface area contributed by atoms with Gasteiger partial charge in [0.25, 0.3) is 11.2 Å². The lowest BCUT2D eigenvalue weighted by atomic mass is 10.1. The molecule has 1 aliphatic rings. The predicted octanol–water partition coefficient (Wildman–Crippen LogP) is 3.59. The lowest BCUT2D eigenvalue weighted by Crippen LogP contribution is -2.35. The van der Waals surface area contributed by atoms with Crippen molar-refractivity contribution in [3.8, 4) is 0 Å². The molecular formula is C14H9Br2N3OS. The molecule has 0 saturated heterocycles. The van der Waals surface area contributed by atoms with Gasteiger partial charge in [-0.25, -0.2) is 4.21 Å². The van der Waals surface area contributed by atoms with Gasteiger partial charge in [0.2, 0.25) is 0 Å². The molecule has 0 amide bonds. The van der Waals surface area contributed by atoms with Gasteiger partial charge in [0.15, 0.2) is 11.7 Å². The zero-order valence-electron chi connectivity index (χ0n) is 10.6. The summed E-state index contributed by atoms with van der Waals surface area (Å²) in [5.74, 6) is 1.10. The largest absolute Gasteiger partial charge is 0.323 e. The molecule has 0 atom stereocenters. The summed E-state index contributed by atoms with van der Waals surface area (Å²) in [7, 11) is 0. The van der Waals surface area contributed by atoms with Crippen molar-refractivity contribution in [2.24, 2.45) is 8.80 Å². The SMILES string of the molecule is O=S1N=C(c2ccc(Br)cc2)NC(c2ccc(Br)cc2)=N1. The molecule has 0 fully saturated rings. The third-order valence-electron chi connectivity index (χ3n) is 2.81. The first kappa shape index (κ1) is 14.6.